The van der Waals surface area contributed by atoms with E-state index in [1.807, 2.05) is 0 Å². The molecule has 2 rings (SSSR count). The van der Waals surface area contributed by atoms with Crippen LogP contribution in [0.2, 0.25) is 0 Å². The molecule has 0 aliphatic heterocycles. The molecule has 0 bridgehead atoms. The molecule has 0 aromatic heterocycles. The first-order valence-electron chi connectivity index (χ1n) is 8.26. The zero-order valence-electron chi connectivity index (χ0n) is 13.9. The molecule has 0 heterocycles. The Hall–Kier alpha value is -0.820. The van der Waals surface area contributed by atoms with Crippen molar-refractivity contribution in [2.24, 2.45) is 5.41 Å². The molecule has 0 unspecified atom stereocenters. The highest BCUT2D eigenvalue weighted by Crippen LogP contribution is 2.59. The Bertz CT molecular complexity index is 435. The fraction of sp³-hybridized carbons (Fsp3) is 0.684. The largest absolute Gasteiger partial charge is 0.314 e. The summed E-state index contributed by atoms with van der Waals surface area (Å²) in [4.78, 5) is 0. The Labute approximate surface area is 125 Å². The highest BCUT2D eigenvalue weighted by atomic mass is 14.9. The quantitative estimate of drug-likeness (QED) is 0.782. The number of rotatable bonds is 6. The van der Waals surface area contributed by atoms with Gasteiger partial charge < -0.3 is 5.32 Å². The van der Waals surface area contributed by atoms with Crippen molar-refractivity contribution >= 4 is 0 Å². The normalized spacial score (nSPS) is 19.9. The molecular formula is C19H31N. The molecule has 1 fully saturated rings. The van der Waals surface area contributed by atoms with E-state index < -0.39 is 0 Å². The first-order chi connectivity index (χ1) is 9.45. The third-order valence-corrected chi connectivity index (χ3v) is 5.41. The van der Waals surface area contributed by atoms with Gasteiger partial charge in [0.25, 0.3) is 0 Å². The summed E-state index contributed by atoms with van der Waals surface area (Å²) in [5.41, 5.74) is 3.88. The van der Waals surface area contributed by atoms with E-state index in [1.54, 1.807) is 5.56 Å². The second-order valence-corrected chi connectivity index (χ2v) is 7.25. The zero-order valence-corrected chi connectivity index (χ0v) is 13.9. The predicted octanol–water partition coefficient (Wildman–Crippen LogP) is 4.83. The topological polar surface area (TPSA) is 12.0 Å². The number of nitrogens with one attached hydrogen (secondary N) is 1. The minimum atomic E-state index is 0.363. The highest BCUT2D eigenvalue weighted by Gasteiger charge is 2.52. The third-order valence-electron chi connectivity index (χ3n) is 5.41. The van der Waals surface area contributed by atoms with Gasteiger partial charge in [0.05, 0.1) is 0 Å². The Morgan fingerprint density at radius 2 is 1.80 bits per heavy atom. The first kappa shape index (κ1) is 15.6. The molecule has 1 saturated carbocycles. The van der Waals surface area contributed by atoms with Crippen molar-refractivity contribution in [2.75, 3.05) is 6.54 Å². The van der Waals surface area contributed by atoms with Gasteiger partial charge in [0.15, 0.2) is 0 Å². The molecule has 0 radical (unpaired) electrons. The molecule has 0 spiro atoms. The zero-order chi connectivity index (χ0) is 14.8. The maximum absolute atomic E-state index is 3.69. The predicted molar refractivity (Wildman–Crippen MR) is 88.2 cm³/mol. The number of benzene rings is 1. The van der Waals surface area contributed by atoms with Crippen LogP contribution in [0.1, 0.15) is 64.5 Å². The van der Waals surface area contributed by atoms with Crippen molar-refractivity contribution in [2.45, 2.75) is 71.8 Å². The van der Waals surface area contributed by atoms with Crippen molar-refractivity contribution < 1.29 is 0 Å². The average molecular weight is 273 g/mol. The van der Waals surface area contributed by atoms with Gasteiger partial charge in [0, 0.05) is 18.0 Å². The molecule has 20 heavy (non-hydrogen) atoms. The van der Waals surface area contributed by atoms with Crippen molar-refractivity contribution in [1.82, 2.24) is 5.32 Å². The molecule has 0 atom stereocenters. The Morgan fingerprint density at radius 3 is 2.30 bits per heavy atom. The van der Waals surface area contributed by atoms with E-state index in [2.05, 4.69) is 64.2 Å². The van der Waals surface area contributed by atoms with E-state index >= 15 is 0 Å². The van der Waals surface area contributed by atoms with Crippen LogP contribution in [-0.2, 0) is 5.41 Å². The molecule has 1 aromatic rings. The molecule has 1 aliphatic carbocycles. The standard InChI is InChI=1S/C19H31N/c1-6-18(7-2)12-19(13-18,14-20-15(3)4)17-10-8-9-16(5)11-17/h8-11,15,20H,6-7,12-14H2,1-5H3. The fourth-order valence-electron chi connectivity index (χ4n) is 3.94. The molecule has 1 aliphatic rings. The minimum absolute atomic E-state index is 0.363. The van der Waals surface area contributed by atoms with Crippen LogP contribution in [0.5, 0.6) is 0 Å². The third kappa shape index (κ3) is 2.93. The fourth-order valence-corrected chi connectivity index (χ4v) is 3.94. The number of aryl methyl sites for hydroxylation is 1. The lowest BCUT2D eigenvalue weighted by Gasteiger charge is -2.57. The monoisotopic (exact) mass is 273 g/mol. The Kier molecular flexibility index (Phi) is 4.59. The Morgan fingerprint density at radius 1 is 1.15 bits per heavy atom. The van der Waals surface area contributed by atoms with E-state index in [0.717, 1.165) is 6.54 Å². The van der Waals surface area contributed by atoms with E-state index in [4.69, 9.17) is 0 Å². The molecule has 0 amide bonds. The van der Waals surface area contributed by atoms with Crippen molar-refractivity contribution in [1.29, 1.82) is 0 Å². The summed E-state index contributed by atoms with van der Waals surface area (Å²) in [5.74, 6) is 0. The minimum Gasteiger partial charge on any atom is -0.314 e. The van der Waals surface area contributed by atoms with Crippen LogP contribution in [0.4, 0.5) is 0 Å². The van der Waals surface area contributed by atoms with Crippen molar-refractivity contribution in [3.05, 3.63) is 35.4 Å². The molecule has 0 saturated heterocycles. The van der Waals surface area contributed by atoms with E-state index in [1.165, 1.54) is 31.2 Å². The van der Waals surface area contributed by atoms with Gasteiger partial charge in [-0.05, 0) is 30.7 Å². The summed E-state index contributed by atoms with van der Waals surface area (Å²) in [7, 11) is 0. The van der Waals surface area contributed by atoms with Crippen LogP contribution >= 0.6 is 0 Å². The van der Waals surface area contributed by atoms with E-state index in [0.29, 0.717) is 16.9 Å². The second-order valence-electron chi connectivity index (χ2n) is 7.25. The van der Waals surface area contributed by atoms with Crippen LogP contribution < -0.4 is 5.32 Å². The summed E-state index contributed by atoms with van der Waals surface area (Å²) >= 11 is 0. The molecule has 1 nitrogen and oxygen atoms in total. The summed E-state index contributed by atoms with van der Waals surface area (Å²) in [6.07, 6.45) is 5.32. The average Bonchev–Trinajstić information content (AvgIpc) is 2.38. The van der Waals surface area contributed by atoms with Gasteiger partial charge in [-0.2, -0.15) is 0 Å². The lowest BCUT2D eigenvalue weighted by molar-refractivity contribution is 0.0118. The smallest absolute Gasteiger partial charge is 0.00885 e. The van der Waals surface area contributed by atoms with Crippen LogP contribution in [0.25, 0.3) is 0 Å². The van der Waals surface area contributed by atoms with Gasteiger partial charge in [-0.1, -0.05) is 70.4 Å². The van der Waals surface area contributed by atoms with Crippen LogP contribution in [0.3, 0.4) is 0 Å². The van der Waals surface area contributed by atoms with Gasteiger partial charge in [-0.3, -0.25) is 0 Å². The molecule has 112 valence electrons. The van der Waals surface area contributed by atoms with E-state index in [-0.39, 0.29) is 0 Å². The van der Waals surface area contributed by atoms with Gasteiger partial charge in [0.2, 0.25) is 0 Å². The summed E-state index contributed by atoms with van der Waals surface area (Å²) in [6, 6.07) is 9.73. The maximum Gasteiger partial charge on any atom is 0.00885 e. The van der Waals surface area contributed by atoms with Crippen LogP contribution in [0, 0.1) is 12.3 Å². The van der Waals surface area contributed by atoms with Gasteiger partial charge >= 0.3 is 0 Å². The lowest BCUT2D eigenvalue weighted by atomic mass is 9.48. The number of hydrogen-bond acceptors (Lipinski definition) is 1. The summed E-state index contributed by atoms with van der Waals surface area (Å²) in [6.45, 7) is 12.5. The molecule has 1 N–H and O–H groups in total. The maximum atomic E-state index is 3.69. The second kappa shape index (κ2) is 5.89. The number of hydrogen-bond donors (Lipinski definition) is 1. The Balaban J connectivity index is 2.23. The summed E-state index contributed by atoms with van der Waals surface area (Å²) < 4.78 is 0. The SMILES string of the molecule is CCC1(CC)CC(CNC(C)C)(c2cccc(C)c2)C1. The first-order valence-corrected chi connectivity index (χ1v) is 8.26. The molecule has 1 heteroatoms. The molecule has 1 aromatic carbocycles. The van der Waals surface area contributed by atoms with E-state index in [9.17, 15) is 0 Å². The highest BCUT2D eigenvalue weighted by molar-refractivity contribution is 5.34. The van der Waals surface area contributed by atoms with Crippen LogP contribution in [0.15, 0.2) is 24.3 Å². The van der Waals surface area contributed by atoms with Crippen LogP contribution in [-0.4, -0.2) is 12.6 Å². The molecular weight excluding hydrogens is 242 g/mol. The van der Waals surface area contributed by atoms with Gasteiger partial charge in [0.1, 0.15) is 0 Å². The van der Waals surface area contributed by atoms with Crippen molar-refractivity contribution in [3.8, 4) is 0 Å². The summed E-state index contributed by atoms with van der Waals surface area (Å²) in [5, 5.41) is 3.69. The van der Waals surface area contributed by atoms with Gasteiger partial charge in [-0.25, -0.2) is 0 Å². The van der Waals surface area contributed by atoms with Crippen molar-refractivity contribution in [3.63, 3.8) is 0 Å². The van der Waals surface area contributed by atoms with Gasteiger partial charge in [-0.15, -0.1) is 0 Å². The lowest BCUT2D eigenvalue weighted by Crippen LogP contribution is -2.55.